The summed E-state index contributed by atoms with van der Waals surface area (Å²) < 4.78 is 0. The Morgan fingerprint density at radius 2 is 2.00 bits per heavy atom. The Bertz CT molecular complexity index is 259. The van der Waals surface area contributed by atoms with E-state index in [0.29, 0.717) is 25.8 Å². The highest BCUT2D eigenvalue weighted by Gasteiger charge is 2.44. The average Bonchev–Trinajstić information content (AvgIpc) is 2.16. The molecule has 0 atom stereocenters. The summed E-state index contributed by atoms with van der Waals surface area (Å²) in [5.74, 6) is -0.784. The van der Waals surface area contributed by atoms with E-state index in [1.54, 1.807) is 0 Å². The molecule has 1 aliphatic carbocycles. The van der Waals surface area contributed by atoms with Gasteiger partial charge in [0.05, 0.1) is 5.41 Å². The number of hydrogen-bond donors (Lipinski definition) is 2. The Kier molecular flexibility index (Phi) is 4.77. The van der Waals surface area contributed by atoms with E-state index >= 15 is 0 Å². The summed E-state index contributed by atoms with van der Waals surface area (Å²) in [6.45, 7) is 2.39. The Morgan fingerprint density at radius 1 is 1.31 bits per heavy atom. The Labute approximate surface area is 96.4 Å². The van der Waals surface area contributed by atoms with E-state index in [-0.39, 0.29) is 5.91 Å². The van der Waals surface area contributed by atoms with Gasteiger partial charge in [-0.2, -0.15) is 0 Å². The first-order chi connectivity index (χ1) is 7.60. The first-order valence-corrected chi connectivity index (χ1v) is 6.11. The summed E-state index contributed by atoms with van der Waals surface area (Å²) in [6, 6.07) is 0. The van der Waals surface area contributed by atoms with Crippen LogP contribution in [0.1, 0.15) is 51.9 Å². The van der Waals surface area contributed by atoms with Crippen LogP contribution in [0.25, 0.3) is 0 Å². The van der Waals surface area contributed by atoms with Gasteiger partial charge in [-0.05, 0) is 19.3 Å². The SMILES string of the molecule is CCCCCC(=O)NCC1(C(=O)O)CCC1. The number of carboxylic acid groups (broad SMARTS) is 1. The molecule has 1 amide bonds. The summed E-state index contributed by atoms with van der Waals surface area (Å²) in [5, 5.41) is 11.8. The molecule has 4 heteroatoms. The third kappa shape index (κ3) is 3.22. The molecule has 2 N–H and O–H groups in total. The summed E-state index contributed by atoms with van der Waals surface area (Å²) >= 11 is 0. The maximum absolute atomic E-state index is 11.4. The number of rotatable bonds is 7. The smallest absolute Gasteiger partial charge is 0.311 e. The lowest BCUT2D eigenvalue weighted by molar-refractivity contribution is -0.154. The van der Waals surface area contributed by atoms with E-state index in [1.807, 2.05) is 0 Å². The van der Waals surface area contributed by atoms with Crippen LogP contribution in [0, 0.1) is 5.41 Å². The fourth-order valence-corrected chi connectivity index (χ4v) is 1.96. The fraction of sp³-hybridized carbons (Fsp3) is 0.833. The van der Waals surface area contributed by atoms with Gasteiger partial charge in [0, 0.05) is 13.0 Å². The van der Waals surface area contributed by atoms with Crippen molar-refractivity contribution in [2.24, 2.45) is 5.41 Å². The van der Waals surface area contributed by atoms with Gasteiger partial charge in [0.15, 0.2) is 0 Å². The van der Waals surface area contributed by atoms with E-state index in [2.05, 4.69) is 12.2 Å². The molecule has 0 radical (unpaired) electrons. The lowest BCUT2D eigenvalue weighted by Gasteiger charge is -2.37. The predicted octanol–water partition coefficient (Wildman–Crippen LogP) is 1.94. The number of nitrogens with one attached hydrogen (secondary N) is 1. The highest BCUT2D eigenvalue weighted by atomic mass is 16.4. The molecule has 0 aromatic rings. The van der Waals surface area contributed by atoms with Crippen molar-refractivity contribution in [2.45, 2.75) is 51.9 Å². The molecule has 4 nitrogen and oxygen atoms in total. The van der Waals surface area contributed by atoms with Crippen molar-refractivity contribution < 1.29 is 14.7 Å². The van der Waals surface area contributed by atoms with Crippen LogP contribution in [-0.2, 0) is 9.59 Å². The Morgan fingerprint density at radius 3 is 2.44 bits per heavy atom. The van der Waals surface area contributed by atoms with Gasteiger partial charge in [-0.15, -0.1) is 0 Å². The number of carbonyl (C=O) groups is 2. The molecule has 0 saturated heterocycles. The third-order valence-corrected chi connectivity index (χ3v) is 3.40. The van der Waals surface area contributed by atoms with E-state index in [0.717, 1.165) is 25.7 Å². The highest BCUT2D eigenvalue weighted by molar-refractivity contribution is 5.79. The Balaban J connectivity index is 2.22. The lowest BCUT2D eigenvalue weighted by atomic mass is 9.69. The van der Waals surface area contributed by atoms with Crippen LogP contribution in [-0.4, -0.2) is 23.5 Å². The van der Waals surface area contributed by atoms with Crippen LogP contribution < -0.4 is 5.32 Å². The lowest BCUT2D eigenvalue weighted by Crippen LogP contribution is -2.47. The van der Waals surface area contributed by atoms with Crippen molar-refractivity contribution in [2.75, 3.05) is 6.54 Å². The molecule has 1 rings (SSSR count). The molecule has 0 spiro atoms. The molecule has 0 heterocycles. The van der Waals surface area contributed by atoms with Gasteiger partial charge in [-0.1, -0.05) is 26.2 Å². The van der Waals surface area contributed by atoms with E-state index in [4.69, 9.17) is 5.11 Å². The monoisotopic (exact) mass is 227 g/mol. The second-order valence-corrected chi connectivity index (χ2v) is 4.67. The van der Waals surface area contributed by atoms with Gasteiger partial charge in [-0.25, -0.2) is 0 Å². The first-order valence-electron chi connectivity index (χ1n) is 6.11. The quantitative estimate of drug-likeness (QED) is 0.653. The first kappa shape index (κ1) is 13.0. The van der Waals surface area contributed by atoms with Crippen molar-refractivity contribution in [1.29, 1.82) is 0 Å². The van der Waals surface area contributed by atoms with Crippen molar-refractivity contribution >= 4 is 11.9 Å². The summed E-state index contributed by atoms with van der Waals surface area (Å²) in [7, 11) is 0. The number of carbonyl (C=O) groups excluding carboxylic acids is 1. The third-order valence-electron chi connectivity index (χ3n) is 3.40. The standard InChI is InChI=1S/C12H21NO3/c1-2-3-4-6-10(14)13-9-12(11(15)16)7-5-8-12/h2-9H2,1H3,(H,13,14)(H,15,16). The highest BCUT2D eigenvalue weighted by Crippen LogP contribution is 2.40. The minimum atomic E-state index is -0.771. The van der Waals surface area contributed by atoms with Crippen LogP contribution in [0.4, 0.5) is 0 Å². The van der Waals surface area contributed by atoms with E-state index in [1.165, 1.54) is 0 Å². The molecule has 92 valence electrons. The molecule has 1 fully saturated rings. The zero-order valence-corrected chi connectivity index (χ0v) is 9.92. The normalized spacial score (nSPS) is 17.6. The molecular weight excluding hydrogens is 206 g/mol. The zero-order chi connectivity index (χ0) is 12.0. The van der Waals surface area contributed by atoms with Crippen LogP contribution >= 0.6 is 0 Å². The molecule has 0 aromatic heterocycles. The van der Waals surface area contributed by atoms with Gasteiger partial charge in [0.25, 0.3) is 0 Å². The maximum atomic E-state index is 11.4. The molecule has 1 saturated carbocycles. The molecule has 0 bridgehead atoms. The molecular formula is C12H21NO3. The van der Waals surface area contributed by atoms with Crippen LogP contribution in [0.2, 0.25) is 0 Å². The number of carboxylic acids is 1. The average molecular weight is 227 g/mol. The van der Waals surface area contributed by atoms with Gasteiger partial charge < -0.3 is 10.4 Å². The minimum Gasteiger partial charge on any atom is -0.481 e. The zero-order valence-electron chi connectivity index (χ0n) is 9.92. The van der Waals surface area contributed by atoms with Crippen molar-refractivity contribution in [3.8, 4) is 0 Å². The van der Waals surface area contributed by atoms with Crippen molar-refractivity contribution in [3.05, 3.63) is 0 Å². The van der Waals surface area contributed by atoms with Crippen molar-refractivity contribution in [3.63, 3.8) is 0 Å². The summed E-state index contributed by atoms with van der Waals surface area (Å²) in [5.41, 5.74) is -0.666. The maximum Gasteiger partial charge on any atom is 0.311 e. The molecule has 0 unspecified atom stereocenters. The summed E-state index contributed by atoms with van der Waals surface area (Å²) in [4.78, 5) is 22.4. The Hall–Kier alpha value is -1.06. The van der Waals surface area contributed by atoms with E-state index < -0.39 is 11.4 Å². The topological polar surface area (TPSA) is 66.4 Å². The number of unbranched alkanes of at least 4 members (excludes halogenated alkanes) is 2. The molecule has 0 aromatic carbocycles. The fourth-order valence-electron chi connectivity index (χ4n) is 1.96. The summed E-state index contributed by atoms with van der Waals surface area (Å²) in [6.07, 6.45) is 5.89. The largest absolute Gasteiger partial charge is 0.481 e. The van der Waals surface area contributed by atoms with Crippen molar-refractivity contribution in [1.82, 2.24) is 5.32 Å². The second-order valence-electron chi connectivity index (χ2n) is 4.67. The van der Waals surface area contributed by atoms with Crippen LogP contribution in [0.3, 0.4) is 0 Å². The molecule has 0 aliphatic heterocycles. The molecule has 16 heavy (non-hydrogen) atoms. The van der Waals surface area contributed by atoms with Crippen LogP contribution in [0.5, 0.6) is 0 Å². The minimum absolute atomic E-state index is 0.0130. The van der Waals surface area contributed by atoms with Gasteiger partial charge >= 0.3 is 5.97 Å². The number of hydrogen-bond acceptors (Lipinski definition) is 2. The van der Waals surface area contributed by atoms with Gasteiger partial charge in [-0.3, -0.25) is 9.59 Å². The number of amides is 1. The second kappa shape index (κ2) is 5.87. The van der Waals surface area contributed by atoms with Crippen LogP contribution in [0.15, 0.2) is 0 Å². The predicted molar refractivity (Wildman–Crippen MR) is 61.1 cm³/mol. The van der Waals surface area contributed by atoms with Gasteiger partial charge in [0.1, 0.15) is 0 Å². The van der Waals surface area contributed by atoms with Gasteiger partial charge in [0.2, 0.25) is 5.91 Å². The molecule has 1 aliphatic rings. The van der Waals surface area contributed by atoms with E-state index in [9.17, 15) is 9.59 Å². The number of aliphatic carboxylic acids is 1.